The van der Waals surface area contributed by atoms with Gasteiger partial charge in [0.1, 0.15) is 0 Å². The van der Waals surface area contributed by atoms with E-state index in [0.29, 0.717) is 13.2 Å². The lowest BCUT2D eigenvalue weighted by Gasteiger charge is -2.32. The fraction of sp³-hybridized carbons (Fsp3) is 0.625. The van der Waals surface area contributed by atoms with Crippen molar-refractivity contribution >= 4 is 0 Å². The Balaban J connectivity index is 1.63. The summed E-state index contributed by atoms with van der Waals surface area (Å²) in [6.07, 6.45) is 2.18. The first-order valence-corrected chi connectivity index (χ1v) is 7.26. The number of ether oxygens (including phenoxy) is 1. The fourth-order valence-corrected chi connectivity index (χ4v) is 2.69. The average Bonchev–Trinajstić information content (AvgIpc) is 2.40. The van der Waals surface area contributed by atoms with Gasteiger partial charge in [0.2, 0.25) is 0 Å². The van der Waals surface area contributed by atoms with Gasteiger partial charge < -0.3 is 14.7 Å². The van der Waals surface area contributed by atoms with Gasteiger partial charge in [-0.2, -0.15) is 0 Å². The molecule has 1 aliphatic heterocycles. The van der Waals surface area contributed by atoms with Crippen LogP contribution in [0.3, 0.4) is 0 Å². The maximum atomic E-state index is 10.00. The number of hydrogen-bond acceptors (Lipinski definition) is 3. The summed E-state index contributed by atoms with van der Waals surface area (Å²) >= 11 is 0. The second kappa shape index (κ2) is 7.63. The van der Waals surface area contributed by atoms with E-state index in [9.17, 15) is 5.11 Å². The summed E-state index contributed by atoms with van der Waals surface area (Å²) in [6, 6.07) is 10.1. The zero-order valence-corrected chi connectivity index (χ0v) is 11.8. The molecule has 2 rings (SSSR count). The van der Waals surface area contributed by atoms with Gasteiger partial charge in [-0.15, -0.1) is 0 Å². The van der Waals surface area contributed by atoms with E-state index in [2.05, 4.69) is 11.8 Å². The summed E-state index contributed by atoms with van der Waals surface area (Å²) in [5.74, 6) is 0.756. The highest BCUT2D eigenvalue weighted by atomic mass is 16.5. The van der Waals surface area contributed by atoms with Gasteiger partial charge in [0.15, 0.2) is 0 Å². The molecule has 106 valence electrons. The monoisotopic (exact) mass is 263 g/mol. The molecule has 1 aromatic rings. The molecule has 1 N–H and O–H groups in total. The summed E-state index contributed by atoms with van der Waals surface area (Å²) in [5.41, 5.74) is 1.15. The molecule has 19 heavy (non-hydrogen) atoms. The van der Waals surface area contributed by atoms with Crippen LogP contribution in [-0.2, 0) is 11.3 Å². The lowest BCUT2D eigenvalue weighted by atomic mass is 10.0. The van der Waals surface area contributed by atoms with Gasteiger partial charge in [-0.25, -0.2) is 0 Å². The van der Waals surface area contributed by atoms with Crippen LogP contribution in [0.1, 0.15) is 25.3 Å². The molecule has 3 heteroatoms. The average molecular weight is 263 g/mol. The van der Waals surface area contributed by atoms with E-state index < -0.39 is 0 Å². The quantitative estimate of drug-likeness (QED) is 0.855. The third-order valence-electron chi connectivity index (χ3n) is 3.63. The van der Waals surface area contributed by atoms with Crippen molar-refractivity contribution in [2.24, 2.45) is 5.92 Å². The summed E-state index contributed by atoms with van der Waals surface area (Å²) in [7, 11) is 0. The van der Waals surface area contributed by atoms with Gasteiger partial charge in [0, 0.05) is 13.1 Å². The van der Waals surface area contributed by atoms with E-state index in [1.54, 1.807) is 0 Å². The van der Waals surface area contributed by atoms with Gasteiger partial charge in [0.05, 0.1) is 19.3 Å². The summed E-state index contributed by atoms with van der Waals surface area (Å²) < 4.78 is 5.57. The molecule has 0 amide bonds. The van der Waals surface area contributed by atoms with Crippen molar-refractivity contribution in [1.29, 1.82) is 0 Å². The maximum absolute atomic E-state index is 10.00. The van der Waals surface area contributed by atoms with E-state index >= 15 is 0 Å². The molecule has 0 saturated carbocycles. The van der Waals surface area contributed by atoms with E-state index in [4.69, 9.17) is 4.74 Å². The van der Waals surface area contributed by atoms with E-state index in [1.165, 1.54) is 12.8 Å². The Kier molecular flexibility index (Phi) is 5.83. The van der Waals surface area contributed by atoms with E-state index in [-0.39, 0.29) is 6.10 Å². The number of likely N-dealkylation sites (tertiary alicyclic amines) is 1. The standard InChI is InChI=1S/C16H25NO2/c1-14-6-5-9-17(10-14)11-16(18)13-19-12-15-7-3-2-4-8-15/h2-4,7-8,14,16,18H,5-6,9-13H2,1H3/t14-,16-/m1/s1. The normalized spacial score (nSPS) is 22.3. The summed E-state index contributed by atoms with van der Waals surface area (Å²) in [4.78, 5) is 2.35. The maximum Gasteiger partial charge on any atom is 0.0900 e. The Morgan fingerprint density at radius 2 is 2.16 bits per heavy atom. The Morgan fingerprint density at radius 1 is 1.37 bits per heavy atom. The number of nitrogens with zero attached hydrogens (tertiary/aromatic N) is 1. The first-order chi connectivity index (χ1) is 9.24. The number of benzene rings is 1. The molecule has 0 aromatic heterocycles. The number of piperidine rings is 1. The molecule has 0 spiro atoms. The predicted molar refractivity (Wildman–Crippen MR) is 76.9 cm³/mol. The third-order valence-corrected chi connectivity index (χ3v) is 3.63. The first-order valence-electron chi connectivity index (χ1n) is 7.26. The largest absolute Gasteiger partial charge is 0.389 e. The molecule has 0 aliphatic carbocycles. The van der Waals surface area contributed by atoms with Crippen LogP contribution < -0.4 is 0 Å². The van der Waals surface area contributed by atoms with Crippen molar-refractivity contribution in [3.8, 4) is 0 Å². The second-order valence-electron chi connectivity index (χ2n) is 5.66. The molecule has 0 radical (unpaired) electrons. The van der Waals surface area contributed by atoms with Crippen LogP contribution >= 0.6 is 0 Å². The Labute approximate surface area is 116 Å². The van der Waals surface area contributed by atoms with Crippen molar-refractivity contribution in [2.75, 3.05) is 26.2 Å². The molecule has 1 aliphatic rings. The lowest BCUT2D eigenvalue weighted by molar-refractivity contribution is 0.00377. The van der Waals surface area contributed by atoms with Crippen molar-refractivity contribution in [2.45, 2.75) is 32.5 Å². The topological polar surface area (TPSA) is 32.7 Å². The number of aliphatic hydroxyl groups is 1. The Morgan fingerprint density at radius 3 is 2.89 bits per heavy atom. The van der Waals surface area contributed by atoms with Crippen LogP contribution in [0.2, 0.25) is 0 Å². The van der Waals surface area contributed by atoms with Crippen molar-refractivity contribution in [1.82, 2.24) is 4.90 Å². The van der Waals surface area contributed by atoms with Crippen LogP contribution in [0.5, 0.6) is 0 Å². The third kappa shape index (κ3) is 5.31. The van der Waals surface area contributed by atoms with Crippen molar-refractivity contribution in [3.05, 3.63) is 35.9 Å². The lowest BCUT2D eigenvalue weighted by Crippen LogP contribution is -2.40. The molecular weight excluding hydrogens is 238 g/mol. The highest BCUT2D eigenvalue weighted by molar-refractivity contribution is 5.13. The smallest absolute Gasteiger partial charge is 0.0900 e. The molecular formula is C16H25NO2. The molecule has 2 atom stereocenters. The van der Waals surface area contributed by atoms with Gasteiger partial charge >= 0.3 is 0 Å². The van der Waals surface area contributed by atoms with Gasteiger partial charge in [-0.3, -0.25) is 0 Å². The number of β-amino-alcohol motifs (C(OH)–C–C–N with tert-alkyl or cyclic N) is 1. The molecule has 0 unspecified atom stereocenters. The highest BCUT2D eigenvalue weighted by Gasteiger charge is 2.18. The molecule has 0 bridgehead atoms. The second-order valence-corrected chi connectivity index (χ2v) is 5.66. The van der Waals surface area contributed by atoms with Gasteiger partial charge in [0.25, 0.3) is 0 Å². The Bertz CT molecular complexity index is 355. The molecule has 1 saturated heterocycles. The summed E-state index contributed by atoms with van der Waals surface area (Å²) in [5, 5.41) is 10.00. The van der Waals surface area contributed by atoms with Crippen LogP contribution in [0.25, 0.3) is 0 Å². The minimum atomic E-state index is -0.381. The zero-order valence-electron chi connectivity index (χ0n) is 11.8. The first kappa shape index (κ1) is 14.5. The van der Waals surface area contributed by atoms with Crippen LogP contribution in [0.4, 0.5) is 0 Å². The minimum Gasteiger partial charge on any atom is -0.389 e. The minimum absolute atomic E-state index is 0.381. The van der Waals surface area contributed by atoms with Crippen LogP contribution in [0.15, 0.2) is 30.3 Å². The predicted octanol–water partition coefficient (Wildman–Crippen LogP) is 2.30. The van der Waals surface area contributed by atoms with E-state index in [1.807, 2.05) is 30.3 Å². The van der Waals surface area contributed by atoms with Crippen molar-refractivity contribution in [3.63, 3.8) is 0 Å². The van der Waals surface area contributed by atoms with Gasteiger partial charge in [-0.05, 0) is 30.9 Å². The summed E-state index contributed by atoms with van der Waals surface area (Å²) in [6.45, 7) is 6.23. The molecule has 1 heterocycles. The molecule has 1 fully saturated rings. The van der Waals surface area contributed by atoms with Gasteiger partial charge in [-0.1, -0.05) is 37.3 Å². The van der Waals surface area contributed by atoms with Crippen molar-refractivity contribution < 1.29 is 9.84 Å². The SMILES string of the molecule is C[C@@H]1CCCN(C[C@@H](O)COCc2ccccc2)C1. The number of aliphatic hydroxyl groups excluding tert-OH is 1. The van der Waals surface area contributed by atoms with E-state index in [0.717, 1.165) is 31.1 Å². The number of rotatable bonds is 6. The fourth-order valence-electron chi connectivity index (χ4n) is 2.69. The molecule has 1 aromatic carbocycles. The number of hydrogen-bond donors (Lipinski definition) is 1. The Hall–Kier alpha value is -0.900. The van der Waals surface area contributed by atoms with Crippen LogP contribution in [-0.4, -0.2) is 42.4 Å². The zero-order chi connectivity index (χ0) is 13.5. The van der Waals surface area contributed by atoms with Crippen LogP contribution in [0, 0.1) is 5.92 Å². The molecule has 3 nitrogen and oxygen atoms in total. The highest BCUT2D eigenvalue weighted by Crippen LogP contribution is 2.15.